The first-order valence-electron chi connectivity index (χ1n) is 6.53. The number of aliphatic carboxylic acids is 1. The van der Waals surface area contributed by atoms with Gasteiger partial charge in [0.2, 0.25) is 0 Å². The zero-order valence-electron chi connectivity index (χ0n) is 10.6. The first-order valence-corrected chi connectivity index (χ1v) is 6.53. The number of hydrazine groups is 1. The molecule has 0 aliphatic carbocycles. The van der Waals surface area contributed by atoms with Crippen molar-refractivity contribution in [2.45, 2.75) is 44.7 Å². The summed E-state index contributed by atoms with van der Waals surface area (Å²) < 4.78 is 0. The minimum absolute atomic E-state index is 0.0892. The smallest absolute Gasteiger partial charge is 0.322 e. The summed E-state index contributed by atoms with van der Waals surface area (Å²) >= 11 is 0. The summed E-state index contributed by atoms with van der Waals surface area (Å²) in [4.78, 5) is 10.8. The predicted molar refractivity (Wildman–Crippen MR) is 70.1 cm³/mol. The molecule has 0 saturated carbocycles. The van der Waals surface area contributed by atoms with Crippen molar-refractivity contribution in [2.75, 3.05) is 0 Å². The highest BCUT2D eigenvalue weighted by Crippen LogP contribution is 2.22. The molecule has 2 rings (SSSR count). The standard InChI is InChI=1S/C14H20N2O2/c1-2-3-4-10-5-7-11(8-6-10)12-9-13(14(17)18)16-15-12/h5-8,12-13,15-16H,2-4,9H2,1H3,(H,17,18). The van der Waals surface area contributed by atoms with Crippen LogP contribution in [-0.4, -0.2) is 17.1 Å². The van der Waals surface area contributed by atoms with E-state index in [0.717, 1.165) is 12.0 Å². The van der Waals surface area contributed by atoms with Crippen molar-refractivity contribution < 1.29 is 9.90 Å². The molecule has 1 aromatic carbocycles. The van der Waals surface area contributed by atoms with Gasteiger partial charge in [-0.2, -0.15) is 0 Å². The Hall–Kier alpha value is -1.39. The monoisotopic (exact) mass is 248 g/mol. The molecule has 0 bridgehead atoms. The summed E-state index contributed by atoms with van der Waals surface area (Å²) in [6.45, 7) is 2.19. The lowest BCUT2D eigenvalue weighted by atomic mass is 9.99. The van der Waals surface area contributed by atoms with E-state index in [1.54, 1.807) is 0 Å². The molecule has 4 heteroatoms. The van der Waals surface area contributed by atoms with Crippen LogP contribution >= 0.6 is 0 Å². The fourth-order valence-electron chi connectivity index (χ4n) is 2.23. The number of unbranched alkanes of at least 4 members (excludes halogenated alkanes) is 1. The third kappa shape index (κ3) is 3.09. The Morgan fingerprint density at radius 2 is 2.06 bits per heavy atom. The van der Waals surface area contributed by atoms with Gasteiger partial charge in [0.15, 0.2) is 0 Å². The van der Waals surface area contributed by atoms with E-state index in [1.165, 1.54) is 18.4 Å². The van der Waals surface area contributed by atoms with Gasteiger partial charge in [-0.1, -0.05) is 37.6 Å². The van der Waals surface area contributed by atoms with Crippen molar-refractivity contribution in [1.29, 1.82) is 0 Å². The van der Waals surface area contributed by atoms with E-state index in [9.17, 15) is 4.79 Å². The van der Waals surface area contributed by atoms with Crippen LogP contribution in [0.3, 0.4) is 0 Å². The van der Waals surface area contributed by atoms with E-state index in [4.69, 9.17) is 5.11 Å². The van der Waals surface area contributed by atoms with E-state index in [1.807, 2.05) is 0 Å². The maximum atomic E-state index is 10.8. The van der Waals surface area contributed by atoms with Gasteiger partial charge in [-0.05, 0) is 30.4 Å². The molecule has 4 nitrogen and oxygen atoms in total. The van der Waals surface area contributed by atoms with Crippen LogP contribution in [0.5, 0.6) is 0 Å². The Labute approximate surface area is 107 Å². The number of carbonyl (C=O) groups is 1. The van der Waals surface area contributed by atoms with Gasteiger partial charge in [0.25, 0.3) is 0 Å². The summed E-state index contributed by atoms with van der Waals surface area (Å²) in [5, 5.41) is 8.92. The number of benzene rings is 1. The molecule has 0 radical (unpaired) electrons. The van der Waals surface area contributed by atoms with Crippen LogP contribution in [0.4, 0.5) is 0 Å². The molecular formula is C14H20N2O2. The molecule has 0 aromatic heterocycles. The normalized spacial score (nSPS) is 23.2. The molecule has 1 heterocycles. The lowest BCUT2D eigenvalue weighted by Crippen LogP contribution is -2.36. The third-order valence-corrected chi connectivity index (χ3v) is 3.40. The first-order chi connectivity index (χ1) is 8.70. The van der Waals surface area contributed by atoms with Crippen molar-refractivity contribution in [3.8, 4) is 0 Å². The molecule has 1 fully saturated rings. The summed E-state index contributed by atoms with van der Waals surface area (Å²) in [5.74, 6) is -0.801. The van der Waals surface area contributed by atoms with E-state index >= 15 is 0 Å². The molecular weight excluding hydrogens is 228 g/mol. The molecule has 1 aliphatic heterocycles. The van der Waals surface area contributed by atoms with Crippen molar-refractivity contribution in [2.24, 2.45) is 0 Å². The zero-order valence-corrected chi connectivity index (χ0v) is 10.6. The van der Waals surface area contributed by atoms with E-state index in [2.05, 4.69) is 42.0 Å². The number of hydrogen-bond donors (Lipinski definition) is 3. The summed E-state index contributed by atoms with van der Waals surface area (Å²) in [6.07, 6.45) is 4.12. The first kappa shape index (κ1) is 13.1. The quantitative estimate of drug-likeness (QED) is 0.746. The second-order valence-corrected chi connectivity index (χ2v) is 4.81. The minimum Gasteiger partial charge on any atom is -0.480 e. The Morgan fingerprint density at radius 1 is 1.33 bits per heavy atom. The van der Waals surface area contributed by atoms with Crippen LogP contribution < -0.4 is 10.9 Å². The molecule has 0 spiro atoms. The number of carboxylic acids is 1. The zero-order chi connectivity index (χ0) is 13.0. The van der Waals surface area contributed by atoms with Crippen molar-refractivity contribution in [1.82, 2.24) is 10.9 Å². The second-order valence-electron chi connectivity index (χ2n) is 4.81. The average Bonchev–Trinajstić information content (AvgIpc) is 2.87. The van der Waals surface area contributed by atoms with Crippen LogP contribution in [0.1, 0.15) is 43.4 Å². The van der Waals surface area contributed by atoms with Gasteiger partial charge in [0.05, 0.1) is 0 Å². The van der Waals surface area contributed by atoms with Gasteiger partial charge in [-0.3, -0.25) is 4.79 Å². The molecule has 0 amide bonds. The average molecular weight is 248 g/mol. The molecule has 2 atom stereocenters. The van der Waals surface area contributed by atoms with E-state index < -0.39 is 12.0 Å². The lowest BCUT2D eigenvalue weighted by molar-refractivity contribution is -0.139. The molecule has 18 heavy (non-hydrogen) atoms. The minimum atomic E-state index is -0.801. The molecule has 3 N–H and O–H groups in total. The Bertz CT molecular complexity index is 403. The van der Waals surface area contributed by atoms with Crippen LogP contribution in [0.15, 0.2) is 24.3 Å². The second kappa shape index (κ2) is 5.98. The van der Waals surface area contributed by atoms with Crippen LogP contribution in [0, 0.1) is 0 Å². The van der Waals surface area contributed by atoms with Crippen LogP contribution in [-0.2, 0) is 11.2 Å². The number of aryl methyl sites for hydroxylation is 1. The number of hydrogen-bond acceptors (Lipinski definition) is 3. The predicted octanol–water partition coefficient (Wildman–Crippen LogP) is 2.02. The van der Waals surface area contributed by atoms with Crippen LogP contribution in [0.25, 0.3) is 0 Å². The van der Waals surface area contributed by atoms with Gasteiger partial charge in [0, 0.05) is 6.04 Å². The molecule has 1 saturated heterocycles. The molecule has 1 aliphatic rings. The largest absolute Gasteiger partial charge is 0.480 e. The maximum absolute atomic E-state index is 10.8. The van der Waals surface area contributed by atoms with E-state index in [0.29, 0.717) is 6.42 Å². The fraction of sp³-hybridized carbons (Fsp3) is 0.500. The van der Waals surface area contributed by atoms with Crippen molar-refractivity contribution in [3.05, 3.63) is 35.4 Å². The topological polar surface area (TPSA) is 61.4 Å². The van der Waals surface area contributed by atoms with Crippen LogP contribution in [0.2, 0.25) is 0 Å². The summed E-state index contributed by atoms with van der Waals surface area (Å²) in [6, 6.07) is 8.06. The SMILES string of the molecule is CCCCc1ccc(C2CC(C(=O)O)NN2)cc1. The third-order valence-electron chi connectivity index (χ3n) is 3.40. The van der Waals surface area contributed by atoms with Crippen molar-refractivity contribution >= 4 is 5.97 Å². The fourth-order valence-corrected chi connectivity index (χ4v) is 2.23. The Kier molecular flexibility index (Phi) is 4.33. The van der Waals surface area contributed by atoms with Gasteiger partial charge in [0.1, 0.15) is 6.04 Å². The molecule has 98 valence electrons. The van der Waals surface area contributed by atoms with Gasteiger partial charge in [-0.15, -0.1) is 0 Å². The summed E-state index contributed by atoms with van der Waals surface area (Å²) in [7, 11) is 0. The summed E-state index contributed by atoms with van der Waals surface area (Å²) in [5.41, 5.74) is 8.33. The highest BCUT2D eigenvalue weighted by atomic mass is 16.4. The van der Waals surface area contributed by atoms with E-state index in [-0.39, 0.29) is 6.04 Å². The Balaban J connectivity index is 1.96. The van der Waals surface area contributed by atoms with Gasteiger partial charge >= 0.3 is 5.97 Å². The highest BCUT2D eigenvalue weighted by molar-refractivity contribution is 5.73. The maximum Gasteiger partial charge on any atom is 0.322 e. The number of carboxylic acid groups (broad SMARTS) is 1. The Morgan fingerprint density at radius 3 is 2.61 bits per heavy atom. The lowest BCUT2D eigenvalue weighted by Gasteiger charge is -2.10. The molecule has 2 unspecified atom stereocenters. The highest BCUT2D eigenvalue weighted by Gasteiger charge is 2.29. The molecule has 1 aromatic rings. The van der Waals surface area contributed by atoms with Gasteiger partial charge in [-0.25, -0.2) is 10.9 Å². The number of rotatable bonds is 5. The van der Waals surface area contributed by atoms with Gasteiger partial charge < -0.3 is 5.11 Å². The number of nitrogens with one attached hydrogen (secondary N) is 2. The van der Waals surface area contributed by atoms with Crippen molar-refractivity contribution in [3.63, 3.8) is 0 Å².